The van der Waals surface area contributed by atoms with Crippen molar-refractivity contribution in [1.29, 1.82) is 0 Å². The van der Waals surface area contributed by atoms with Crippen LogP contribution in [0.1, 0.15) is 121 Å². The van der Waals surface area contributed by atoms with Gasteiger partial charge in [-0.25, -0.2) is 4.39 Å². The molecular weight excluding hydrogens is 1730 g/mol. The van der Waals surface area contributed by atoms with Crippen LogP contribution in [-0.2, 0) is 98.3 Å². The van der Waals surface area contributed by atoms with Gasteiger partial charge in [-0.2, -0.15) is 0 Å². The highest BCUT2D eigenvalue weighted by atomic mass is 35.5. The number of morpholine rings is 1. The molecule has 0 atom stereocenters. The Morgan fingerprint density at radius 1 is 0.272 bits per heavy atom. The Labute approximate surface area is 795 Å². The number of nitrogens with zero attached hydrogens (tertiary/aromatic N) is 1. The van der Waals surface area contributed by atoms with E-state index in [9.17, 15) is 57.1 Å². The lowest BCUT2D eigenvalue weighted by Crippen LogP contribution is -2.41. The maximum absolute atomic E-state index is 13.2. The number of benzene rings is 14. The number of hydrogen-bond donors (Lipinski definition) is 10. The fourth-order valence-corrected chi connectivity index (χ4v) is 13.7. The van der Waals surface area contributed by atoms with E-state index in [4.69, 9.17) is 16.3 Å². The molecule has 11 amide bonds. The van der Waals surface area contributed by atoms with Crippen LogP contribution in [0.4, 0.5) is 32.8 Å². The van der Waals surface area contributed by atoms with Gasteiger partial charge in [0.05, 0.1) is 56.4 Å². The Bertz CT molecular complexity index is 6080. The van der Waals surface area contributed by atoms with Gasteiger partial charge in [0.15, 0.2) is 0 Å². The average molecular weight is 1840 g/mol. The molecule has 1 heterocycles. The zero-order chi connectivity index (χ0) is 95.9. The van der Waals surface area contributed by atoms with Crippen molar-refractivity contribution in [2.75, 3.05) is 52.9 Å². The molecule has 0 bridgehead atoms. The van der Waals surface area contributed by atoms with Crippen LogP contribution in [0.15, 0.2) is 376 Å². The molecule has 136 heavy (non-hydrogen) atoms. The Morgan fingerprint density at radius 2 is 0.537 bits per heavy atom. The second-order valence-electron chi connectivity index (χ2n) is 31.2. The molecule has 0 saturated carbocycles. The summed E-state index contributed by atoms with van der Waals surface area (Å²) in [6.45, 7) is 6.35. The maximum Gasteiger partial charge on any atom is 0.256 e. The first kappa shape index (κ1) is 100.0. The minimum Gasteiger partial charge on any atom is -0.378 e. The minimum atomic E-state index is -0.459. The third-order valence-corrected chi connectivity index (χ3v) is 21.0. The highest BCUT2D eigenvalue weighted by Crippen LogP contribution is 2.22. The van der Waals surface area contributed by atoms with Crippen molar-refractivity contribution in [2.24, 2.45) is 0 Å². The lowest BCUT2D eigenvalue weighted by Gasteiger charge is -2.27. The molecule has 1 aliphatic rings. The summed E-state index contributed by atoms with van der Waals surface area (Å²) in [7, 11) is 0. The monoisotopic (exact) mass is 1840 g/mol. The van der Waals surface area contributed by atoms with Crippen molar-refractivity contribution < 1.29 is 61.9 Å². The lowest BCUT2D eigenvalue weighted by atomic mass is 10.0. The van der Waals surface area contributed by atoms with Gasteiger partial charge in [-0.3, -0.25) is 52.7 Å². The SMILES string of the molecule is CCC(=O)Nc1ccc(CC(=O)NCc2ccccc2)cc1.O=C(Cc1ccc(NC(=O)c2cccc(Cl)c2)cc1)NCc1ccccc1.O=C(Cc1ccc(NC(=O)c2cccc(F)c2)cc1)NCc1ccccc1.O=C(Cc1ccc(NC(=O)c2ccccc2)cc1)NCc1ccccc1.O=C(Cc1ccc(NC(=O)c2ccccc2C(=O)N2CCOCC2)cc1)NCc1ccccc1. The molecule has 0 spiro atoms. The van der Waals surface area contributed by atoms with Gasteiger partial charge in [-0.15, -0.1) is 0 Å². The van der Waals surface area contributed by atoms with Crippen LogP contribution in [0, 0.1) is 5.82 Å². The first-order valence-corrected chi connectivity index (χ1v) is 44.6. The van der Waals surface area contributed by atoms with Gasteiger partial charge in [0.2, 0.25) is 35.4 Å². The Morgan fingerprint density at radius 3 is 0.846 bits per heavy atom. The summed E-state index contributed by atoms with van der Waals surface area (Å²) < 4.78 is 18.5. The summed E-state index contributed by atoms with van der Waals surface area (Å²) in [5, 5.41) is 29.0. The molecule has 690 valence electrons. The third-order valence-electron chi connectivity index (χ3n) is 20.8. The number of rotatable bonds is 31. The molecule has 0 aromatic heterocycles. The highest BCUT2D eigenvalue weighted by Gasteiger charge is 2.24. The van der Waals surface area contributed by atoms with E-state index in [2.05, 4.69) is 53.2 Å². The molecule has 0 radical (unpaired) electrons. The van der Waals surface area contributed by atoms with Crippen molar-refractivity contribution >= 4 is 105 Å². The van der Waals surface area contributed by atoms with Crippen molar-refractivity contribution in [3.05, 3.63) is 470 Å². The first-order valence-electron chi connectivity index (χ1n) is 44.2. The normalized spacial score (nSPS) is 10.9. The summed E-state index contributed by atoms with van der Waals surface area (Å²) in [5.74, 6) is -2.03. The van der Waals surface area contributed by atoms with Gasteiger partial charge < -0.3 is 62.8 Å². The fraction of sp³-hybridized carbons (Fsp3) is 0.144. The molecule has 15 rings (SSSR count). The van der Waals surface area contributed by atoms with Crippen molar-refractivity contribution in [2.45, 2.75) is 78.2 Å². The third kappa shape index (κ3) is 35.6. The molecule has 14 aromatic rings. The highest BCUT2D eigenvalue weighted by molar-refractivity contribution is 6.31. The number of ether oxygens (including phenoxy) is 1. The summed E-state index contributed by atoms with van der Waals surface area (Å²) in [4.78, 5) is 136. The van der Waals surface area contributed by atoms with Crippen LogP contribution in [0.3, 0.4) is 0 Å². The van der Waals surface area contributed by atoms with Crippen LogP contribution in [0.5, 0.6) is 0 Å². The van der Waals surface area contributed by atoms with Gasteiger partial charge in [0.25, 0.3) is 29.5 Å². The van der Waals surface area contributed by atoms with E-state index < -0.39 is 5.82 Å². The molecule has 23 nitrogen and oxygen atoms in total. The van der Waals surface area contributed by atoms with Crippen LogP contribution in [0.25, 0.3) is 0 Å². The van der Waals surface area contributed by atoms with E-state index in [1.165, 1.54) is 18.2 Å². The quantitative estimate of drug-likeness (QED) is 0.0194. The minimum absolute atomic E-state index is 0.0193. The van der Waals surface area contributed by atoms with E-state index >= 15 is 0 Å². The number of halogens is 2. The zero-order valence-electron chi connectivity index (χ0n) is 75.0. The summed E-state index contributed by atoms with van der Waals surface area (Å²) in [5.41, 5.74) is 15.0. The van der Waals surface area contributed by atoms with Gasteiger partial charge in [-0.05, 0) is 177 Å². The summed E-state index contributed by atoms with van der Waals surface area (Å²) in [6.07, 6.45) is 1.87. The first-order chi connectivity index (χ1) is 66.2. The topological polar surface area (TPSA) is 321 Å². The summed E-state index contributed by atoms with van der Waals surface area (Å²) >= 11 is 5.91. The van der Waals surface area contributed by atoms with E-state index in [1.54, 1.807) is 139 Å². The lowest BCUT2D eigenvalue weighted by molar-refractivity contribution is -0.121. The van der Waals surface area contributed by atoms with E-state index in [1.807, 2.05) is 231 Å². The molecule has 1 fully saturated rings. The number of nitrogens with one attached hydrogen (secondary N) is 10. The average Bonchev–Trinajstić information content (AvgIpc) is 0.868. The van der Waals surface area contributed by atoms with Crippen LogP contribution in [0.2, 0.25) is 5.02 Å². The molecule has 1 saturated heterocycles. The Kier molecular flexibility index (Phi) is 39.9. The van der Waals surface area contributed by atoms with Crippen LogP contribution >= 0.6 is 11.6 Å². The maximum atomic E-state index is 13.2. The van der Waals surface area contributed by atoms with E-state index in [0.29, 0.717) is 128 Å². The standard InChI is InChI=1S/C27H27N3O4.C22H19ClN2O2.C22H19FN2O2.C22H20N2O2.C18H20N2O2/c31-25(28-19-21-6-2-1-3-7-21)18-20-10-12-22(13-11-20)29-26(32)23-8-4-5-9-24(23)27(33)30-14-16-34-17-15-30;2*23-19-8-4-7-18(14-19)22(27)25-20-11-9-16(10-12-20)13-21(26)24-15-17-5-2-1-3-6-17;25-21(23-16-18-7-3-1-4-8-18)15-17-11-13-20(14-12-17)24-22(26)19-9-5-2-6-10-19;1-2-17(21)20-16-10-8-14(9-11-16)12-18(22)19-13-15-6-4-3-5-7-15/h1-13H,14-19H2,(H,28,31)(H,29,32);2*1-12,14H,13,15H2,(H,24,26)(H,25,27);1-14H,15-16H2,(H,23,25)(H,24,26);3-11H,2,12-13H2,1H3,(H,19,22)(H,20,21). The smallest absolute Gasteiger partial charge is 0.256 e. The fourth-order valence-electron chi connectivity index (χ4n) is 13.5. The van der Waals surface area contributed by atoms with Gasteiger partial charge in [0, 0.05) is 102 Å². The van der Waals surface area contributed by atoms with Crippen molar-refractivity contribution in [3.63, 3.8) is 0 Å². The molecule has 10 N–H and O–H groups in total. The predicted molar refractivity (Wildman–Crippen MR) is 530 cm³/mol. The molecule has 25 heteroatoms. The Hall–Kier alpha value is -16.6. The summed E-state index contributed by atoms with van der Waals surface area (Å²) in [6, 6.07) is 113. The number of carbonyl (C=O) groups excluding carboxylic acids is 11. The van der Waals surface area contributed by atoms with E-state index in [-0.39, 0.29) is 89.8 Å². The van der Waals surface area contributed by atoms with Crippen LogP contribution in [-0.4, -0.2) is 96.2 Å². The number of amides is 11. The molecule has 14 aromatic carbocycles. The predicted octanol–water partition coefficient (Wildman–Crippen LogP) is 18.4. The largest absolute Gasteiger partial charge is 0.378 e. The molecular formula is C111H105ClFN11O12. The molecule has 1 aliphatic heterocycles. The number of hydrogen-bond acceptors (Lipinski definition) is 12. The number of carbonyl (C=O) groups is 11. The molecule has 0 aliphatic carbocycles. The van der Waals surface area contributed by atoms with Gasteiger partial charge in [-0.1, -0.05) is 273 Å². The van der Waals surface area contributed by atoms with Crippen molar-refractivity contribution in [1.82, 2.24) is 31.5 Å². The second-order valence-corrected chi connectivity index (χ2v) is 31.7. The van der Waals surface area contributed by atoms with Crippen LogP contribution < -0.4 is 53.2 Å². The van der Waals surface area contributed by atoms with Crippen molar-refractivity contribution in [3.8, 4) is 0 Å². The molecule has 0 unspecified atom stereocenters. The number of anilines is 5. The van der Waals surface area contributed by atoms with Gasteiger partial charge in [0.1, 0.15) is 5.82 Å². The Balaban J connectivity index is 0.000000164. The second kappa shape index (κ2) is 54.3. The van der Waals surface area contributed by atoms with Gasteiger partial charge >= 0.3 is 0 Å². The zero-order valence-corrected chi connectivity index (χ0v) is 75.8. The van der Waals surface area contributed by atoms with E-state index in [0.717, 1.165) is 61.3 Å².